The molecule has 116 valence electrons. The van der Waals surface area contributed by atoms with Crippen molar-refractivity contribution in [3.63, 3.8) is 0 Å². The second-order valence-electron chi connectivity index (χ2n) is 6.05. The number of nitrogens with one attached hydrogen (secondary N) is 1. The van der Waals surface area contributed by atoms with Crippen molar-refractivity contribution in [1.29, 1.82) is 0 Å². The number of aryl methyl sites for hydroxylation is 1. The summed E-state index contributed by atoms with van der Waals surface area (Å²) in [4.78, 5) is 22.6. The Labute approximate surface area is 130 Å². The van der Waals surface area contributed by atoms with E-state index < -0.39 is 0 Å². The number of rotatable bonds is 3. The molecule has 2 saturated heterocycles. The molecule has 2 bridgehead atoms. The molecule has 21 heavy (non-hydrogen) atoms. The first-order valence-corrected chi connectivity index (χ1v) is 8.64. The van der Waals surface area contributed by atoms with E-state index in [0.717, 1.165) is 41.8 Å². The number of anilines is 1. The number of carbonyl (C=O) groups excluding carboxylic acids is 1. The highest BCUT2D eigenvalue weighted by atomic mass is 32.1. The van der Waals surface area contributed by atoms with Gasteiger partial charge in [-0.25, -0.2) is 4.98 Å². The number of likely N-dealkylation sites (tertiary alicyclic amines) is 1. The molecule has 2 aliphatic heterocycles. The minimum absolute atomic E-state index is 0.162. The predicted octanol–water partition coefficient (Wildman–Crippen LogP) is 2.19. The maximum atomic E-state index is 12.8. The van der Waals surface area contributed by atoms with Gasteiger partial charge < -0.3 is 10.2 Å². The lowest BCUT2D eigenvalue weighted by molar-refractivity contribution is 0.0744. The molecule has 5 nitrogen and oxygen atoms in total. The molecular formula is C15H24N4OS. The average molecular weight is 308 g/mol. The van der Waals surface area contributed by atoms with Crippen LogP contribution in [0.3, 0.4) is 0 Å². The second-order valence-corrected chi connectivity index (χ2v) is 7.05. The second kappa shape index (κ2) is 5.93. The van der Waals surface area contributed by atoms with Crippen LogP contribution in [0.2, 0.25) is 0 Å². The highest BCUT2D eigenvalue weighted by Crippen LogP contribution is 2.30. The van der Waals surface area contributed by atoms with Crippen LogP contribution in [0.1, 0.15) is 41.6 Å². The molecule has 1 N–H and O–H groups in total. The zero-order valence-corrected chi connectivity index (χ0v) is 13.9. The molecule has 0 unspecified atom stereocenters. The number of hydrogen-bond acceptors (Lipinski definition) is 5. The van der Waals surface area contributed by atoms with Crippen molar-refractivity contribution in [2.45, 2.75) is 45.2 Å². The van der Waals surface area contributed by atoms with Gasteiger partial charge in [0.25, 0.3) is 5.91 Å². The van der Waals surface area contributed by atoms with Gasteiger partial charge in [0.2, 0.25) is 0 Å². The number of amides is 1. The van der Waals surface area contributed by atoms with Crippen LogP contribution >= 0.6 is 11.3 Å². The van der Waals surface area contributed by atoms with Gasteiger partial charge in [0.15, 0.2) is 5.13 Å². The Bertz CT molecular complexity index is 530. The minimum atomic E-state index is 0.162. The molecule has 6 heteroatoms. The van der Waals surface area contributed by atoms with Crippen LogP contribution in [0.4, 0.5) is 5.13 Å². The summed E-state index contributed by atoms with van der Waals surface area (Å²) in [6, 6.07) is 1.19. The molecule has 2 aliphatic rings. The predicted molar refractivity (Wildman–Crippen MR) is 86.1 cm³/mol. The highest BCUT2D eigenvalue weighted by molar-refractivity contribution is 7.17. The van der Waals surface area contributed by atoms with Crippen LogP contribution in [-0.2, 0) is 0 Å². The van der Waals surface area contributed by atoms with Crippen molar-refractivity contribution < 1.29 is 4.79 Å². The summed E-state index contributed by atoms with van der Waals surface area (Å²) in [5.74, 6) is 0.162. The molecule has 0 aromatic carbocycles. The molecule has 0 aliphatic carbocycles. The van der Waals surface area contributed by atoms with E-state index in [1.54, 1.807) is 0 Å². The zero-order chi connectivity index (χ0) is 15.0. The van der Waals surface area contributed by atoms with Gasteiger partial charge >= 0.3 is 0 Å². The van der Waals surface area contributed by atoms with E-state index in [9.17, 15) is 4.79 Å². The first kappa shape index (κ1) is 14.8. The zero-order valence-electron chi connectivity index (χ0n) is 13.1. The Morgan fingerprint density at radius 2 is 2.14 bits per heavy atom. The first-order chi connectivity index (χ1) is 10.1. The van der Waals surface area contributed by atoms with Gasteiger partial charge in [-0.2, -0.15) is 0 Å². The highest BCUT2D eigenvalue weighted by Gasteiger charge is 2.36. The molecule has 0 radical (unpaired) electrons. The van der Waals surface area contributed by atoms with Crippen molar-refractivity contribution in [3.05, 3.63) is 10.6 Å². The van der Waals surface area contributed by atoms with Gasteiger partial charge in [0, 0.05) is 31.7 Å². The van der Waals surface area contributed by atoms with Crippen molar-refractivity contribution in [2.24, 2.45) is 0 Å². The van der Waals surface area contributed by atoms with Crippen LogP contribution in [0, 0.1) is 6.92 Å². The number of likely N-dealkylation sites (N-methyl/N-ethyl adjacent to an activating group) is 1. The Kier molecular flexibility index (Phi) is 4.17. The molecule has 3 heterocycles. The lowest BCUT2D eigenvalue weighted by Gasteiger charge is -2.25. The normalized spacial score (nSPS) is 26.0. The molecule has 1 aromatic rings. The smallest absolute Gasteiger partial charge is 0.265 e. The van der Waals surface area contributed by atoms with Crippen molar-refractivity contribution in [3.8, 4) is 0 Å². The first-order valence-electron chi connectivity index (χ1n) is 7.82. The van der Waals surface area contributed by atoms with Crippen molar-refractivity contribution in [2.75, 3.05) is 32.0 Å². The van der Waals surface area contributed by atoms with E-state index in [0.29, 0.717) is 12.1 Å². The number of nitrogens with zero attached hydrogens (tertiary/aromatic N) is 3. The maximum Gasteiger partial charge on any atom is 0.265 e. The Hall–Kier alpha value is -1.14. The van der Waals surface area contributed by atoms with Crippen molar-refractivity contribution >= 4 is 22.4 Å². The molecule has 0 saturated carbocycles. The number of fused-ring (bicyclic) bond motifs is 2. The van der Waals surface area contributed by atoms with E-state index in [1.165, 1.54) is 24.2 Å². The standard InChI is InChI=1S/C15H24N4OS/c1-4-16-15-17-10(2)13(21-15)14(20)19-8-7-11-5-6-12(9-19)18(11)3/h11-12H,4-9H2,1-3H3,(H,16,17)/t11-,12+/m0/s1. The van der Waals surface area contributed by atoms with Crippen LogP contribution in [0.25, 0.3) is 0 Å². The molecule has 2 atom stereocenters. The summed E-state index contributed by atoms with van der Waals surface area (Å²) in [6.45, 7) is 6.54. The molecule has 0 spiro atoms. The molecule has 1 amide bonds. The van der Waals surface area contributed by atoms with Crippen molar-refractivity contribution in [1.82, 2.24) is 14.8 Å². The molecule has 3 rings (SSSR count). The third-order valence-electron chi connectivity index (χ3n) is 4.75. The maximum absolute atomic E-state index is 12.8. The van der Waals surface area contributed by atoms with Gasteiger partial charge in [-0.05, 0) is 40.2 Å². The number of thiazole rings is 1. The van der Waals surface area contributed by atoms with E-state index in [4.69, 9.17) is 0 Å². The van der Waals surface area contributed by atoms with Gasteiger partial charge in [-0.1, -0.05) is 11.3 Å². The van der Waals surface area contributed by atoms with Gasteiger partial charge in [-0.3, -0.25) is 9.69 Å². The van der Waals surface area contributed by atoms with E-state index in [-0.39, 0.29) is 5.91 Å². The third-order valence-corrected chi connectivity index (χ3v) is 5.86. The minimum Gasteiger partial charge on any atom is -0.362 e. The number of carbonyl (C=O) groups is 1. The van der Waals surface area contributed by atoms with Gasteiger partial charge in [0.1, 0.15) is 4.88 Å². The molecule has 2 fully saturated rings. The topological polar surface area (TPSA) is 48.5 Å². The summed E-state index contributed by atoms with van der Waals surface area (Å²) in [7, 11) is 2.21. The summed E-state index contributed by atoms with van der Waals surface area (Å²) in [5, 5.41) is 4.05. The summed E-state index contributed by atoms with van der Waals surface area (Å²) in [6.07, 6.45) is 3.60. The van der Waals surface area contributed by atoms with E-state index in [1.807, 2.05) is 18.7 Å². The van der Waals surface area contributed by atoms with Gasteiger partial charge in [0.05, 0.1) is 5.69 Å². The fraction of sp³-hybridized carbons (Fsp3) is 0.733. The lowest BCUT2D eigenvalue weighted by Crippen LogP contribution is -2.39. The lowest BCUT2D eigenvalue weighted by atomic mass is 10.1. The van der Waals surface area contributed by atoms with Crippen LogP contribution < -0.4 is 5.32 Å². The quantitative estimate of drug-likeness (QED) is 0.930. The number of hydrogen-bond donors (Lipinski definition) is 1. The van der Waals surface area contributed by atoms with Crippen LogP contribution in [-0.4, -0.2) is 59.5 Å². The Morgan fingerprint density at radius 1 is 1.38 bits per heavy atom. The molecular weight excluding hydrogens is 284 g/mol. The van der Waals surface area contributed by atoms with E-state index >= 15 is 0 Å². The largest absolute Gasteiger partial charge is 0.362 e. The summed E-state index contributed by atoms with van der Waals surface area (Å²) < 4.78 is 0. The van der Waals surface area contributed by atoms with Crippen LogP contribution in [0.5, 0.6) is 0 Å². The average Bonchev–Trinajstić information content (AvgIpc) is 2.90. The molecule has 1 aromatic heterocycles. The Morgan fingerprint density at radius 3 is 2.90 bits per heavy atom. The third kappa shape index (κ3) is 2.79. The summed E-state index contributed by atoms with van der Waals surface area (Å²) >= 11 is 1.49. The fourth-order valence-corrected chi connectivity index (χ4v) is 4.46. The van der Waals surface area contributed by atoms with Gasteiger partial charge in [-0.15, -0.1) is 0 Å². The summed E-state index contributed by atoms with van der Waals surface area (Å²) in [5.41, 5.74) is 0.851. The van der Waals surface area contributed by atoms with Crippen LogP contribution in [0.15, 0.2) is 0 Å². The fourth-order valence-electron chi connectivity index (χ4n) is 3.46. The monoisotopic (exact) mass is 308 g/mol. The SMILES string of the molecule is CCNc1nc(C)c(C(=O)N2CC[C@@H]3CC[C@H](C2)N3C)s1. The number of aromatic nitrogens is 1. The van der Waals surface area contributed by atoms with E-state index in [2.05, 4.69) is 22.2 Å². The Balaban J connectivity index is 1.76.